The third-order valence-corrected chi connectivity index (χ3v) is 2.87. The zero-order valence-corrected chi connectivity index (χ0v) is 11.4. The van der Waals surface area contributed by atoms with E-state index in [1.807, 2.05) is 22.6 Å². The van der Waals surface area contributed by atoms with Crippen LogP contribution in [0.1, 0.15) is 5.56 Å². The summed E-state index contributed by atoms with van der Waals surface area (Å²) >= 11 is 1.91. The van der Waals surface area contributed by atoms with Gasteiger partial charge in [-0.2, -0.15) is 15.8 Å². The van der Waals surface area contributed by atoms with Gasteiger partial charge in [0.05, 0.1) is 5.69 Å². The van der Waals surface area contributed by atoms with Gasteiger partial charge in [0.25, 0.3) is 0 Å². The van der Waals surface area contributed by atoms with Crippen LogP contribution in [0.2, 0.25) is 0 Å². The maximum absolute atomic E-state index is 13.7. The SMILES string of the molecule is Cc1cc(F)c(NC(C#N)=C(C#N)C#N)c(I)c1. The second-order valence-corrected chi connectivity index (χ2v) is 4.48. The zero-order valence-electron chi connectivity index (χ0n) is 9.25. The molecule has 0 atom stereocenters. The van der Waals surface area contributed by atoms with Gasteiger partial charge in [-0.1, -0.05) is 0 Å². The molecule has 1 aromatic rings. The number of aryl methyl sites for hydroxylation is 1. The summed E-state index contributed by atoms with van der Waals surface area (Å²) in [6.07, 6.45) is 0. The molecule has 0 heterocycles. The predicted molar refractivity (Wildman–Crippen MR) is 71.3 cm³/mol. The van der Waals surface area contributed by atoms with Gasteiger partial charge in [-0.05, 0) is 47.2 Å². The summed E-state index contributed by atoms with van der Waals surface area (Å²) in [5.41, 5.74) is 0.181. The van der Waals surface area contributed by atoms with Gasteiger partial charge in [-0.25, -0.2) is 4.39 Å². The van der Waals surface area contributed by atoms with Crippen LogP contribution in [-0.2, 0) is 0 Å². The van der Waals surface area contributed by atoms with Crippen molar-refractivity contribution in [1.29, 1.82) is 15.8 Å². The Morgan fingerprint density at radius 1 is 1.22 bits per heavy atom. The average Bonchev–Trinajstić information content (AvgIpc) is 2.32. The molecule has 18 heavy (non-hydrogen) atoms. The van der Waals surface area contributed by atoms with Gasteiger partial charge in [0, 0.05) is 3.57 Å². The topological polar surface area (TPSA) is 83.4 Å². The van der Waals surface area contributed by atoms with Crippen molar-refractivity contribution >= 4 is 28.3 Å². The molecule has 0 aromatic heterocycles. The highest BCUT2D eigenvalue weighted by atomic mass is 127. The molecular formula is C12H6FIN4. The van der Waals surface area contributed by atoms with E-state index in [0.717, 1.165) is 5.56 Å². The Morgan fingerprint density at radius 3 is 2.28 bits per heavy atom. The summed E-state index contributed by atoms with van der Waals surface area (Å²) in [7, 11) is 0. The molecular weight excluding hydrogens is 346 g/mol. The molecule has 0 bridgehead atoms. The molecule has 0 aliphatic heterocycles. The summed E-state index contributed by atoms with van der Waals surface area (Å²) in [4.78, 5) is 0. The van der Waals surface area contributed by atoms with Gasteiger partial charge in [0.15, 0.2) is 5.57 Å². The zero-order chi connectivity index (χ0) is 13.7. The lowest BCUT2D eigenvalue weighted by molar-refractivity contribution is 0.629. The van der Waals surface area contributed by atoms with Crippen LogP contribution in [-0.4, -0.2) is 0 Å². The number of allylic oxidation sites excluding steroid dienone is 2. The normalized spacial score (nSPS) is 8.67. The monoisotopic (exact) mass is 352 g/mol. The number of rotatable bonds is 2. The van der Waals surface area contributed by atoms with Crippen molar-refractivity contribution in [2.75, 3.05) is 5.32 Å². The molecule has 1 N–H and O–H groups in total. The molecule has 1 aromatic carbocycles. The second kappa shape index (κ2) is 6.00. The number of hydrogen-bond donors (Lipinski definition) is 1. The smallest absolute Gasteiger partial charge is 0.163 e. The molecule has 0 aliphatic carbocycles. The molecule has 0 saturated carbocycles. The number of nitrogens with one attached hydrogen (secondary N) is 1. The minimum atomic E-state index is -0.539. The van der Waals surface area contributed by atoms with Gasteiger partial charge in [0.2, 0.25) is 0 Å². The maximum Gasteiger partial charge on any atom is 0.163 e. The lowest BCUT2D eigenvalue weighted by atomic mass is 10.2. The first-order chi connectivity index (χ1) is 8.53. The summed E-state index contributed by atoms with van der Waals surface area (Å²) < 4.78 is 14.3. The van der Waals surface area contributed by atoms with Gasteiger partial charge >= 0.3 is 0 Å². The Bertz CT molecular complexity index is 605. The van der Waals surface area contributed by atoms with E-state index in [1.54, 1.807) is 31.2 Å². The van der Waals surface area contributed by atoms with Crippen molar-refractivity contribution in [3.05, 3.63) is 38.4 Å². The van der Waals surface area contributed by atoms with Crippen LogP contribution in [0.5, 0.6) is 0 Å². The van der Waals surface area contributed by atoms with Crippen LogP contribution in [0.4, 0.5) is 10.1 Å². The van der Waals surface area contributed by atoms with E-state index < -0.39 is 5.82 Å². The molecule has 1 rings (SSSR count). The van der Waals surface area contributed by atoms with E-state index in [0.29, 0.717) is 3.57 Å². The minimum absolute atomic E-state index is 0.0840. The largest absolute Gasteiger partial charge is 0.342 e. The molecule has 0 aliphatic rings. The van der Waals surface area contributed by atoms with E-state index in [4.69, 9.17) is 15.8 Å². The molecule has 0 saturated heterocycles. The van der Waals surface area contributed by atoms with Crippen molar-refractivity contribution in [2.24, 2.45) is 0 Å². The van der Waals surface area contributed by atoms with E-state index in [-0.39, 0.29) is 17.0 Å². The third-order valence-electron chi connectivity index (χ3n) is 2.02. The van der Waals surface area contributed by atoms with Crippen molar-refractivity contribution in [3.63, 3.8) is 0 Å². The second-order valence-electron chi connectivity index (χ2n) is 3.31. The fourth-order valence-corrected chi connectivity index (χ4v) is 2.11. The Labute approximate surface area is 117 Å². The molecule has 0 spiro atoms. The molecule has 88 valence electrons. The number of benzene rings is 1. The predicted octanol–water partition coefficient (Wildman–Crippen LogP) is 2.98. The minimum Gasteiger partial charge on any atom is -0.342 e. The van der Waals surface area contributed by atoms with Gasteiger partial charge in [-0.3, -0.25) is 0 Å². The van der Waals surface area contributed by atoms with Crippen LogP contribution in [0.3, 0.4) is 0 Å². The first-order valence-corrected chi connectivity index (χ1v) is 5.78. The third kappa shape index (κ3) is 2.97. The summed E-state index contributed by atoms with van der Waals surface area (Å²) in [6, 6.07) is 7.86. The van der Waals surface area contributed by atoms with Crippen molar-refractivity contribution in [1.82, 2.24) is 0 Å². The quantitative estimate of drug-likeness (QED) is 0.655. The highest BCUT2D eigenvalue weighted by molar-refractivity contribution is 14.1. The first kappa shape index (κ1) is 14.0. The molecule has 0 fully saturated rings. The number of nitriles is 3. The Hall–Kier alpha value is -2.11. The van der Waals surface area contributed by atoms with Crippen molar-refractivity contribution in [2.45, 2.75) is 6.92 Å². The summed E-state index contributed by atoms with van der Waals surface area (Å²) in [6.45, 7) is 1.74. The summed E-state index contributed by atoms with van der Waals surface area (Å²) in [5, 5.41) is 28.7. The van der Waals surface area contributed by atoms with Gasteiger partial charge in [0.1, 0.15) is 29.7 Å². The van der Waals surface area contributed by atoms with Crippen LogP contribution >= 0.6 is 22.6 Å². The highest BCUT2D eigenvalue weighted by Gasteiger charge is 2.12. The van der Waals surface area contributed by atoms with Crippen LogP contribution in [0.15, 0.2) is 23.4 Å². The van der Waals surface area contributed by atoms with Crippen molar-refractivity contribution < 1.29 is 4.39 Å². The molecule has 4 nitrogen and oxygen atoms in total. The van der Waals surface area contributed by atoms with Gasteiger partial charge in [-0.15, -0.1) is 0 Å². The average molecular weight is 352 g/mol. The van der Waals surface area contributed by atoms with Gasteiger partial charge < -0.3 is 5.32 Å². The fourth-order valence-electron chi connectivity index (χ4n) is 1.23. The molecule has 0 unspecified atom stereocenters. The summed E-state index contributed by atoms with van der Waals surface area (Å²) in [5.74, 6) is -0.539. The fraction of sp³-hybridized carbons (Fsp3) is 0.0833. The number of halogens is 2. The van der Waals surface area contributed by atoms with Crippen LogP contribution in [0, 0.1) is 50.3 Å². The molecule has 0 radical (unpaired) electrons. The van der Waals surface area contributed by atoms with Crippen LogP contribution < -0.4 is 5.32 Å². The van der Waals surface area contributed by atoms with Crippen LogP contribution in [0.25, 0.3) is 0 Å². The Kier molecular flexibility index (Phi) is 4.65. The molecule has 6 heteroatoms. The number of hydrogen-bond acceptors (Lipinski definition) is 4. The number of nitrogens with zero attached hydrogens (tertiary/aromatic N) is 3. The lowest BCUT2D eigenvalue weighted by Crippen LogP contribution is -2.04. The van der Waals surface area contributed by atoms with E-state index in [2.05, 4.69) is 5.32 Å². The Balaban J connectivity index is 3.30. The van der Waals surface area contributed by atoms with E-state index >= 15 is 0 Å². The molecule has 0 amide bonds. The lowest BCUT2D eigenvalue weighted by Gasteiger charge is -2.09. The van der Waals surface area contributed by atoms with E-state index in [9.17, 15) is 4.39 Å². The number of anilines is 1. The maximum atomic E-state index is 13.7. The van der Waals surface area contributed by atoms with E-state index in [1.165, 1.54) is 6.07 Å². The highest BCUT2D eigenvalue weighted by Crippen LogP contribution is 2.25. The first-order valence-electron chi connectivity index (χ1n) is 4.70. The van der Waals surface area contributed by atoms with Crippen molar-refractivity contribution in [3.8, 4) is 18.2 Å². The Morgan fingerprint density at radius 2 is 1.83 bits per heavy atom. The standard InChI is InChI=1S/C12H6FIN4/c1-7-2-9(13)12(10(14)3-7)18-11(6-17)8(4-15)5-16/h2-3,18H,1H3.